The Morgan fingerprint density at radius 1 is 1.00 bits per heavy atom. The van der Waals surface area contributed by atoms with E-state index in [9.17, 15) is 14.4 Å². The summed E-state index contributed by atoms with van der Waals surface area (Å²) in [5.41, 5.74) is 4.58. The zero-order chi connectivity index (χ0) is 25.3. The fraction of sp³-hybridized carbons (Fsp3) is 0.192. The molecule has 7 nitrogen and oxygen atoms in total. The zero-order valence-corrected chi connectivity index (χ0v) is 20.4. The minimum atomic E-state index is -1.15. The van der Waals surface area contributed by atoms with E-state index < -0.39 is 24.0 Å². The largest absolute Gasteiger partial charge is 0.480 e. The van der Waals surface area contributed by atoms with Gasteiger partial charge in [0.1, 0.15) is 12.6 Å². The number of ether oxygens (including phenoxy) is 1. The second kappa shape index (κ2) is 9.98. The van der Waals surface area contributed by atoms with Crippen LogP contribution < -0.4 is 5.32 Å². The van der Waals surface area contributed by atoms with Gasteiger partial charge in [-0.05, 0) is 41.3 Å². The van der Waals surface area contributed by atoms with E-state index in [4.69, 9.17) is 33.0 Å². The lowest BCUT2D eigenvalue weighted by Crippen LogP contribution is -2.40. The lowest BCUT2D eigenvalue weighted by atomic mass is 9.98. The number of hydrogen-bond donors (Lipinski definition) is 2. The highest BCUT2D eigenvalue weighted by Gasteiger charge is 2.29. The van der Waals surface area contributed by atoms with Crippen LogP contribution in [0.5, 0.6) is 0 Å². The fourth-order valence-corrected chi connectivity index (χ4v) is 4.68. The van der Waals surface area contributed by atoms with E-state index in [0.717, 1.165) is 27.2 Å². The molecule has 9 heteroatoms. The van der Waals surface area contributed by atoms with E-state index in [-0.39, 0.29) is 33.8 Å². The molecule has 0 aliphatic heterocycles. The number of benzene rings is 3. The van der Waals surface area contributed by atoms with Crippen LogP contribution in [0, 0.1) is 0 Å². The summed E-state index contributed by atoms with van der Waals surface area (Å²) in [4.78, 5) is 37.4. The molecule has 0 saturated heterocycles. The Morgan fingerprint density at radius 2 is 1.51 bits per heavy atom. The summed E-state index contributed by atoms with van der Waals surface area (Å²) in [5.74, 6) is -1.83. The van der Waals surface area contributed by atoms with Gasteiger partial charge in [0.25, 0.3) is 5.91 Å². The second-order valence-electron chi connectivity index (χ2n) is 8.20. The van der Waals surface area contributed by atoms with Crippen LogP contribution in [0.15, 0.2) is 60.7 Å². The summed E-state index contributed by atoms with van der Waals surface area (Å²) in [6.45, 7) is 1.50. The Hall–Kier alpha value is -3.55. The quantitative estimate of drug-likeness (QED) is 0.428. The van der Waals surface area contributed by atoms with Crippen LogP contribution >= 0.6 is 23.2 Å². The maximum Gasteiger partial charge on any atom is 0.411 e. The van der Waals surface area contributed by atoms with Crippen molar-refractivity contribution in [3.05, 3.63) is 87.4 Å². The third kappa shape index (κ3) is 4.83. The van der Waals surface area contributed by atoms with Crippen molar-refractivity contribution >= 4 is 46.9 Å². The van der Waals surface area contributed by atoms with E-state index in [2.05, 4.69) is 5.32 Å². The van der Waals surface area contributed by atoms with Gasteiger partial charge in [-0.25, -0.2) is 9.59 Å². The van der Waals surface area contributed by atoms with Crippen molar-refractivity contribution in [2.75, 3.05) is 19.0 Å². The summed E-state index contributed by atoms with van der Waals surface area (Å²) < 4.78 is 5.52. The number of nitrogens with zero attached hydrogens (tertiary/aromatic N) is 1. The lowest BCUT2D eigenvalue weighted by molar-refractivity contribution is -0.141. The maximum atomic E-state index is 12.6. The minimum absolute atomic E-state index is 0.0192. The van der Waals surface area contributed by atoms with Crippen molar-refractivity contribution < 1.29 is 24.2 Å². The van der Waals surface area contributed by atoms with Crippen LogP contribution in [0.4, 0.5) is 10.5 Å². The molecule has 1 aliphatic carbocycles. The number of aliphatic carboxylic acids is 1. The van der Waals surface area contributed by atoms with Crippen LogP contribution in [0.1, 0.15) is 34.3 Å². The number of carboxylic acid groups (broad SMARTS) is 1. The lowest BCUT2D eigenvalue weighted by Gasteiger charge is -2.22. The molecule has 35 heavy (non-hydrogen) atoms. The van der Waals surface area contributed by atoms with Crippen LogP contribution in [0.25, 0.3) is 11.1 Å². The Kier molecular flexibility index (Phi) is 7.00. The molecule has 2 amide bonds. The van der Waals surface area contributed by atoms with Gasteiger partial charge >= 0.3 is 12.1 Å². The average Bonchev–Trinajstić information content (AvgIpc) is 3.17. The number of nitrogens with one attached hydrogen (secondary N) is 1. The summed E-state index contributed by atoms with van der Waals surface area (Å²) in [5, 5.41) is 11.7. The van der Waals surface area contributed by atoms with Crippen LogP contribution in [0.2, 0.25) is 10.0 Å². The number of carboxylic acids is 1. The van der Waals surface area contributed by atoms with Gasteiger partial charge in [-0.2, -0.15) is 0 Å². The first-order valence-corrected chi connectivity index (χ1v) is 11.6. The molecule has 0 aromatic heterocycles. The first kappa shape index (κ1) is 24.6. The molecule has 0 bridgehead atoms. The van der Waals surface area contributed by atoms with Crippen LogP contribution in [-0.4, -0.2) is 47.7 Å². The van der Waals surface area contributed by atoms with E-state index in [1.54, 1.807) is 0 Å². The molecule has 2 N–H and O–H groups in total. The standard InChI is InChI=1S/C26H22Cl2N2O5/c1-14(25(32)33)30(2)24(31)15-11-21(27)23(22(28)12-15)29-26(34)35-13-20-18-9-5-3-7-16(18)17-8-4-6-10-19(17)20/h3-12,14,20H,13H2,1-2H3,(H,29,34)(H,32,33). The number of likely N-dealkylation sites (N-methyl/N-ethyl adjacent to an activating group) is 1. The third-order valence-electron chi connectivity index (χ3n) is 6.12. The minimum Gasteiger partial charge on any atom is -0.480 e. The van der Waals surface area contributed by atoms with Crippen LogP contribution in [-0.2, 0) is 9.53 Å². The van der Waals surface area contributed by atoms with E-state index in [0.29, 0.717) is 0 Å². The SMILES string of the molecule is CC(C(=O)O)N(C)C(=O)c1cc(Cl)c(NC(=O)OCC2c3ccccc3-c3ccccc32)c(Cl)c1. The normalized spacial score (nSPS) is 12.9. The van der Waals surface area contributed by atoms with E-state index in [1.165, 1.54) is 26.1 Å². The number of carbonyl (C=O) groups excluding carboxylic acids is 2. The van der Waals surface area contributed by atoms with Crippen molar-refractivity contribution in [2.24, 2.45) is 0 Å². The first-order chi connectivity index (χ1) is 16.7. The predicted octanol–water partition coefficient (Wildman–Crippen LogP) is 5.90. The number of amides is 2. The Morgan fingerprint density at radius 3 is 2.03 bits per heavy atom. The fourth-order valence-electron chi connectivity index (χ4n) is 4.10. The molecule has 3 aromatic rings. The number of halogens is 2. The van der Waals surface area contributed by atoms with E-state index >= 15 is 0 Å². The summed E-state index contributed by atoms with van der Waals surface area (Å²) in [6, 6.07) is 17.6. The van der Waals surface area contributed by atoms with Crippen molar-refractivity contribution in [1.29, 1.82) is 0 Å². The molecule has 0 spiro atoms. The molecule has 0 fully saturated rings. The van der Waals surface area contributed by atoms with Crippen molar-refractivity contribution in [2.45, 2.75) is 18.9 Å². The Labute approximate surface area is 212 Å². The van der Waals surface area contributed by atoms with Gasteiger partial charge in [-0.15, -0.1) is 0 Å². The van der Waals surface area contributed by atoms with E-state index in [1.807, 2.05) is 48.5 Å². The highest BCUT2D eigenvalue weighted by molar-refractivity contribution is 6.40. The molecular formula is C26H22Cl2N2O5. The number of carbonyl (C=O) groups is 3. The zero-order valence-electron chi connectivity index (χ0n) is 18.9. The molecule has 0 saturated carbocycles. The molecule has 1 atom stereocenters. The highest BCUT2D eigenvalue weighted by atomic mass is 35.5. The van der Waals surface area contributed by atoms with Gasteiger partial charge in [0.05, 0.1) is 15.7 Å². The van der Waals surface area contributed by atoms with Gasteiger partial charge in [0, 0.05) is 18.5 Å². The first-order valence-electron chi connectivity index (χ1n) is 10.8. The van der Waals surface area contributed by atoms with Gasteiger partial charge in [0.15, 0.2) is 0 Å². The molecule has 1 unspecified atom stereocenters. The summed E-state index contributed by atoms with van der Waals surface area (Å²) in [6.07, 6.45) is -0.744. The number of hydrogen-bond acceptors (Lipinski definition) is 4. The van der Waals surface area contributed by atoms with Gasteiger partial charge in [-0.1, -0.05) is 71.7 Å². The molecule has 0 heterocycles. The van der Waals surface area contributed by atoms with Crippen molar-refractivity contribution in [1.82, 2.24) is 4.90 Å². The highest BCUT2D eigenvalue weighted by Crippen LogP contribution is 2.44. The van der Waals surface area contributed by atoms with Crippen molar-refractivity contribution in [3.63, 3.8) is 0 Å². The van der Waals surface area contributed by atoms with Gasteiger partial charge in [-0.3, -0.25) is 10.1 Å². The molecule has 180 valence electrons. The second-order valence-corrected chi connectivity index (χ2v) is 9.01. The van der Waals surface area contributed by atoms with Gasteiger partial charge in [0.2, 0.25) is 0 Å². The maximum absolute atomic E-state index is 12.6. The number of rotatable bonds is 6. The molecule has 3 aromatic carbocycles. The van der Waals surface area contributed by atoms with Gasteiger partial charge < -0.3 is 14.7 Å². The molecular weight excluding hydrogens is 491 g/mol. The molecule has 0 radical (unpaired) electrons. The summed E-state index contributed by atoms with van der Waals surface area (Å²) >= 11 is 12.6. The summed E-state index contributed by atoms with van der Waals surface area (Å²) in [7, 11) is 1.37. The average molecular weight is 513 g/mol. The topological polar surface area (TPSA) is 95.9 Å². The van der Waals surface area contributed by atoms with Crippen LogP contribution in [0.3, 0.4) is 0 Å². The third-order valence-corrected chi connectivity index (χ3v) is 6.71. The monoisotopic (exact) mass is 512 g/mol. The Bertz CT molecular complexity index is 1260. The number of anilines is 1. The predicted molar refractivity (Wildman–Crippen MR) is 134 cm³/mol. The smallest absolute Gasteiger partial charge is 0.411 e. The number of fused-ring (bicyclic) bond motifs is 3. The Balaban J connectivity index is 1.46. The molecule has 4 rings (SSSR count). The molecule has 1 aliphatic rings. The van der Waals surface area contributed by atoms with Crippen molar-refractivity contribution in [3.8, 4) is 11.1 Å².